The molecular weight excluding hydrogens is 266 g/mol. The summed E-state index contributed by atoms with van der Waals surface area (Å²) in [6.07, 6.45) is -3.77. The summed E-state index contributed by atoms with van der Waals surface area (Å²) in [5, 5.41) is 2.20. The second-order valence-corrected chi connectivity index (χ2v) is 3.81. The molecule has 0 saturated carbocycles. The molecule has 0 amide bonds. The Hall–Kier alpha value is -1.50. The van der Waals surface area contributed by atoms with Gasteiger partial charge in [0.15, 0.2) is 11.5 Å². The fourth-order valence-electron chi connectivity index (χ4n) is 1.74. The van der Waals surface area contributed by atoms with Crippen LogP contribution in [-0.2, 0) is 0 Å². The summed E-state index contributed by atoms with van der Waals surface area (Å²) in [5.41, 5.74) is -0.00884. The monoisotopic (exact) mass is 281 g/mol. The molecule has 1 unspecified atom stereocenters. The van der Waals surface area contributed by atoms with Gasteiger partial charge in [-0.25, -0.2) is 8.78 Å². The standard InChI is InChI=1S/C12H15F4NO2/c1-17-10(12(15,16)11(13)14)7-4-5-8(18-2)9(6-7)19-3/h4-6,10-11,17H,1-3H3. The van der Waals surface area contributed by atoms with Crippen LogP contribution in [-0.4, -0.2) is 33.6 Å². The molecular formula is C12H15F4NO2. The largest absolute Gasteiger partial charge is 0.493 e. The van der Waals surface area contributed by atoms with Gasteiger partial charge in [-0.1, -0.05) is 6.07 Å². The lowest BCUT2D eigenvalue weighted by Crippen LogP contribution is -2.41. The number of hydrogen-bond donors (Lipinski definition) is 1. The van der Waals surface area contributed by atoms with E-state index < -0.39 is 18.4 Å². The van der Waals surface area contributed by atoms with Crippen molar-refractivity contribution in [3.8, 4) is 11.5 Å². The number of benzene rings is 1. The van der Waals surface area contributed by atoms with E-state index in [1.54, 1.807) is 0 Å². The van der Waals surface area contributed by atoms with Crippen LogP contribution in [0.3, 0.4) is 0 Å². The predicted molar refractivity (Wildman–Crippen MR) is 62.3 cm³/mol. The molecule has 0 radical (unpaired) electrons. The molecule has 0 aliphatic heterocycles. The van der Waals surface area contributed by atoms with Crippen molar-refractivity contribution < 1.29 is 27.0 Å². The Kier molecular flexibility index (Phi) is 4.99. The Bertz CT molecular complexity index is 426. The molecule has 1 aromatic carbocycles. The van der Waals surface area contributed by atoms with Crippen molar-refractivity contribution in [1.82, 2.24) is 5.32 Å². The molecule has 7 heteroatoms. The molecule has 1 aromatic rings. The minimum atomic E-state index is -4.19. The van der Waals surface area contributed by atoms with Gasteiger partial charge in [0.2, 0.25) is 0 Å². The van der Waals surface area contributed by atoms with Crippen LogP contribution in [0.5, 0.6) is 11.5 Å². The number of ether oxygens (including phenoxy) is 2. The number of hydrogen-bond acceptors (Lipinski definition) is 3. The van der Waals surface area contributed by atoms with Crippen LogP contribution >= 0.6 is 0 Å². The Labute approximate surface area is 108 Å². The highest BCUT2D eigenvalue weighted by molar-refractivity contribution is 5.44. The van der Waals surface area contributed by atoms with Gasteiger partial charge >= 0.3 is 12.3 Å². The van der Waals surface area contributed by atoms with Crippen LogP contribution in [0.2, 0.25) is 0 Å². The van der Waals surface area contributed by atoms with Crippen molar-refractivity contribution in [2.24, 2.45) is 0 Å². The second-order valence-electron chi connectivity index (χ2n) is 3.81. The zero-order chi connectivity index (χ0) is 14.6. The lowest BCUT2D eigenvalue weighted by molar-refractivity contribution is -0.150. The first-order chi connectivity index (χ1) is 8.88. The number of methoxy groups -OCH3 is 2. The summed E-state index contributed by atoms with van der Waals surface area (Å²) in [7, 11) is 3.92. The van der Waals surface area contributed by atoms with Crippen molar-refractivity contribution in [3.63, 3.8) is 0 Å². The third-order valence-electron chi connectivity index (χ3n) is 2.71. The summed E-state index contributed by atoms with van der Waals surface area (Å²) < 4.78 is 61.6. The summed E-state index contributed by atoms with van der Waals surface area (Å²) in [4.78, 5) is 0. The molecule has 0 aromatic heterocycles. The van der Waals surface area contributed by atoms with Crippen molar-refractivity contribution in [1.29, 1.82) is 0 Å². The molecule has 1 N–H and O–H groups in total. The molecule has 0 saturated heterocycles. The van der Waals surface area contributed by atoms with Crippen molar-refractivity contribution >= 4 is 0 Å². The van der Waals surface area contributed by atoms with Gasteiger partial charge in [-0.2, -0.15) is 8.78 Å². The molecule has 0 spiro atoms. The van der Waals surface area contributed by atoms with E-state index in [4.69, 9.17) is 9.47 Å². The Balaban J connectivity index is 3.19. The molecule has 0 heterocycles. The Morgan fingerprint density at radius 1 is 1.11 bits per heavy atom. The minimum Gasteiger partial charge on any atom is -0.493 e. The molecule has 0 bridgehead atoms. The SMILES string of the molecule is CNC(c1ccc(OC)c(OC)c1)C(F)(F)C(F)F. The third-order valence-corrected chi connectivity index (χ3v) is 2.71. The van der Waals surface area contributed by atoms with Crippen molar-refractivity contribution in [3.05, 3.63) is 23.8 Å². The second kappa shape index (κ2) is 6.10. The number of alkyl halides is 4. The lowest BCUT2D eigenvalue weighted by atomic mass is 10.0. The van der Waals surface area contributed by atoms with E-state index >= 15 is 0 Å². The molecule has 19 heavy (non-hydrogen) atoms. The maximum Gasteiger partial charge on any atom is 0.326 e. The van der Waals surface area contributed by atoms with Gasteiger partial charge in [-0.15, -0.1) is 0 Å². The van der Waals surface area contributed by atoms with Gasteiger partial charge in [-0.3, -0.25) is 0 Å². The molecule has 0 aliphatic carbocycles. The zero-order valence-electron chi connectivity index (χ0n) is 10.7. The molecule has 0 aliphatic rings. The van der Waals surface area contributed by atoms with Gasteiger partial charge < -0.3 is 14.8 Å². The average Bonchev–Trinajstić information content (AvgIpc) is 2.38. The summed E-state index contributed by atoms with van der Waals surface area (Å²) in [6.45, 7) is 0. The lowest BCUT2D eigenvalue weighted by Gasteiger charge is -2.26. The first kappa shape index (κ1) is 15.6. The maximum atomic E-state index is 13.4. The molecule has 3 nitrogen and oxygen atoms in total. The van der Waals surface area contributed by atoms with E-state index in [9.17, 15) is 17.6 Å². The van der Waals surface area contributed by atoms with Crippen molar-refractivity contribution in [2.75, 3.05) is 21.3 Å². The summed E-state index contributed by atoms with van der Waals surface area (Å²) in [5.74, 6) is -3.65. The third kappa shape index (κ3) is 3.09. The summed E-state index contributed by atoms with van der Waals surface area (Å²) >= 11 is 0. The van der Waals surface area contributed by atoms with Gasteiger partial charge in [0, 0.05) is 0 Å². The van der Waals surface area contributed by atoms with Crippen LogP contribution < -0.4 is 14.8 Å². The van der Waals surface area contributed by atoms with E-state index in [1.807, 2.05) is 0 Å². The molecule has 0 fully saturated rings. The van der Waals surface area contributed by atoms with Gasteiger partial charge in [0.05, 0.1) is 14.2 Å². The van der Waals surface area contributed by atoms with E-state index in [0.717, 1.165) is 0 Å². The number of nitrogens with one attached hydrogen (secondary N) is 1. The van der Waals surface area contributed by atoms with E-state index in [2.05, 4.69) is 5.32 Å². The van der Waals surface area contributed by atoms with Gasteiger partial charge in [0.1, 0.15) is 6.04 Å². The minimum absolute atomic E-state index is 0.00884. The summed E-state index contributed by atoms with van der Waals surface area (Å²) in [6, 6.07) is 2.11. The first-order valence-electron chi connectivity index (χ1n) is 5.43. The average molecular weight is 281 g/mol. The number of halogens is 4. The highest BCUT2D eigenvalue weighted by Gasteiger charge is 2.48. The topological polar surface area (TPSA) is 30.5 Å². The zero-order valence-corrected chi connectivity index (χ0v) is 10.7. The van der Waals surface area contributed by atoms with E-state index in [1.165, 1.54) is 39.5 Å². The van der Waals surface area contributed by atoms with Crippen LogP contribution in [0.15, 0.2) is 18.2 Å². The van der Waals surface area contributed by atoms with Crippen molar-refractivity contribution in [2.45, 2.75) is 18.4 Å². The van der Waals surface area contributed by atoms with Gasteiger partial charge in [-0.05, 0) is 24.7 Å². The fourth-order valence-corrected chi connectivity index (χ4v) is 1.74. The van der Waals surface area contributed by atoms with E-state index in [-0.39, 0.29) is 11.3 Å². The van der Waals surface area contributed by atoms with E-state index in [0.29, 0.717) is 5.75 Å². The number of rotatable bonds is 6. The maximum absolute atomic E-state index is 13.4. The van der Waals surface area contributed by atoms with Gasteiger partial charge in [0.25, 0.3) is 0 Å². The van der Waals surface area contributed by atoms with Crippen LogP contribution in [0, 0.1) is 0 Å². The van der Waals surface area contributed by atoms with Crippen LogP contribution in [0.25, 0.3) is 0 Å². The molecule has 1 rings (SSSR count). The highest BCUT2D eigenvalue weighted by Crippen LogP contribution is 2.39. The van der Waals surface area contributed by atoms with Crippen LogP contribution in [0.4, 0.5) is 17.6 Å². The fraction of sp³-hybridized carbons (Fsp3) is 0.500. The smallest absolute Gasteiger partial charge is 0.326 e. The Morgan fingerprint density at radius 3 is 2.11 bits per heavy atom. The first-order valence-corrected chi connectivity index (χ1v) is 5.43. The molecule has 108 valence electrons. The predicted octanol–water partition coefficient (Wildman–Crippen LogP) is 2.86. The molecule has 1 atom stereocenters. The normalized spacial score (nSPS) is 13.5. The van der Waals surface area contributed by atoms with Crippen LogP contribution in [0.1, 0.15) is 11.6 Å². The quantitative estimate of drug-likeness (QED) is 0.813. The Morgan fingerprint density at radius 2 is 1.68 bits per heavy atom. The highest BCUT2D eigenvalue weighted by atomic mass is 19.3.